The average Bonchev–Trinajstić information content (AvgIpc) is 2.57. The Bertz CT molecular complexity index is 351. The number of rotatable bonds is 2. The van der Waals surface area contributed by atoms with Gasteiger partial charge in [0.15, 0.2) is 0 Å². The first-order valence-corrected chi connectivity index (χ1v) is 5.65. The third kappa shape index (κ3) is 2.44. The highest BCUT2D eigenvalue weighted by molar-refractivity contribution is 6.32. The van der Waals surface area contributed by atoms with Crippen molar-refractivity contribution in [2.45, 2.75) is 38.4 Å². The number of aliphatic hydroxyl groups is 1. The monoisotopic (exact) mass is 226 g/mol. The molecule has 0 spiro atoms. The zero-order valence-electron chi connectivity index (χ0n) is 8.74. The van der Waals surface area contributed by atoms with Crippen LogP contribution in [0.1, 0.15) is 24.8 Å². The number of benzene rings is 1. The lowest BCUT2D eigenvalue weighted by molar-refractivity contribution is 0.0604. The number of aryl methyl sites for hydroxylation is 1. The maximum absolute atomic E-state index is 9.63. The SMILES string of the molecule is Cc1ccc(O[C@H]2CCC[C@@H]2O)c(Cl)c1. The minimum absolute atomic E-state index is 0.0924. The Morgan fingerprint density at radius 1 is 1.40 bits per heavy atom. The number of halogens is 1. The Hall–Kier alpha value is -0.730. The summed E-state index contributed by atoms with van der Waals surface area (Å²) in [5.41, 5.74) is 1.11. The second kappa shape index (κ2) is 4.42. The molecule has 0 aromatic heterocycles. The van der Waals surface area contributed by atoms with Gasteiger partial charge in [-0.05, 0) is 43.9 Å². The molecule has 82 valence electrons. The van der Waals surface area contributed by atoms with Crippen LogP contribution in [0.5, 0.6) is 5.75 Å². The van der Waals surface area contributed by atoms with Gasteiger partial charge in [0.05, 0.1) is 11.1 Å². The molecule has 3 heteroatoms. The van der Waals surface area contributed by atoms with Crippen LogP contribution < -0.4 is 4.74 Å². The normalized spacial score (nSPS) is 25.5. The molecule has 2 rings (SSSR count). The summed E-state index contributed by atoms with van der Waals surface area (Å²) in [6, 6.07) is 5.70. The van der Waals surface area contributed by atoms with E-state index in [9.17, 15) is 5.11 Å². The summed E-state index contributed by atoms with van der Waals surface area (Å²) in [5, 5.41) is 10.2. The molecule has 15 heavy (non-hydrogen) atoms. The van der Waals surface area contributed by atoms with Crippen LogP contribution in [0.4, 0.5) is 0 Å². The van der Waals surface area contributed by atoms with Crippen molar-refractivity contribution in [2.75, 3.05) is 0 Å². The molecule has 0 heterocycles. The van der Waals surface area contributed by atoms with Crippen LogP contribution in [-0.4, -0.2) is 17.3 Å². The van der Waals surface area contributed by atoms with E-state index in [0.717, 1.165) is 24.8 Å². The molecule has 0 radical (unpaired) electrons. The quantitative estimate of drug-likeness (QED) is 0.840. The molecular formula is C12H15ClO2. The predicted molar refractivity (Wildman–Crippen MR) is 60.5 cm³/mol. The Morgan fingerprint density at radius 2 is 2.20 bits per heavy atom. The lowest BCUT2D eigenvalue weighted by Crippen LogP contribution is -2.25. The van der Waals surface area contributed by atoms with E-state index in [1.54, 1.807) is 0 Å². The van der Waals surface area contributed by atoms with Gasteiger partial charge in [-0.2, -0.15) is 0 Å². The van der Waals surface area contributed by atoms with E-state index in [0.29, 0.717) is 10.8 Å². The average molecular weight is 227 g/mol. The Balaban J connectivity index is 2.10. The summed E-state index contributed by atoms with van der Waals surface area (Å²) in [6.07, 6.45) is 2.32. The highest BCUT2D eigenvalue weighted by Gasteiger charge is 2.27. The molecule has 1 aliphatic rings. The van der Waals surface area contributed by atoms with Gasteiger partial charge in [-0.1, -0.05) is 17.7 Å². The van der Waals surface area contributed by atoms with E-state index in [4.69, 9.17) is 16.3 Å². The minimum atomic E-state index is -0.345. The van der Waals surface area contributed by atoms with Gasteiger partial charge < -0.3 is 9.84 Å². The number of hydrogen-bond acceptors (Lipinski definition) is 2. The molecule has 1 fully saturated rings. The highest BCUT2D eigenvalue weighted by atomic mass is 35.5. The summed E-state index contributed by atoms with van der Waals surface area (Å²) < 4.78 is 5.69. The molecule has 2 nitrogen and oxygen atoms in total. The van der Waals surface area contributed by atoms with Crippen LogP contribution >= 0.6 is 11.6 Å². The van der Waals surface area contributed by atoms with Crippen molar-refractivity contribution in [1.29, 1.82) is 0 Å². The van der Waals surface area contributed by atoms with E-state index in [1.807, 2.05) is 25.1 Å². The molecule has 1 aromatic rings. The number of hydrogen-bond donors (Lipinski definition) is 1. The van der Waals surface area contributed by atoms with Gasteiger partial charge in [0, 0.05) is 0 Å². The Labute approximate surface area is 94.8 Å². The van der Waals surface area contributed by atoms with Crippen molar-refractivity contribution >= 4 is 11.6 Å². The summed E-state index contributed by atoms with van der Waals surface area (Å²) in [6.45, 7) is 1.99. The predicted octanol–water partition coefficient (Wildman–Crippen LogP) is 2.94. The smallest absolute Gasteiger partial charge is 0.138 e. The van der Waals surface area contributed by atoms with Crippen molar-refractivity contribution in [3.8, 4) is 5.75 Å². The molecule has 1 N–H and O–H groups in total. The first kappa shape index (κ1) is 10.8. The second-order valence-corrected chi connectivity index (χ2v) is 4.50. The topological polar surface area (TPSA) is 29.5 Å². The summed E-state index contributed by atoms with van der Waals surface area (Å²) in [4.78, 5) is 0. The number of aliphatic hydroxyl groups excluding tert-OH is 1. The van der Waals surface area contributed by atoms with Crippen LogP contribution in [0.25, 0.3) is 0 Å². The zero-order valence-corrected chi connectivity index (χ0v) is 9.50. The van der Waals surface area contributed by atoms with Gasteiger partial charge in [-0.25, -0.2) is 0 Å². The van der Waals surface area contributed by atoms with Crippen molar-refractivity contribution < 1.29 is 9.84 Å². The number of ether oxygens (including phenoxy) is 1. The third-order valence-corrected chi connectivity index (χ3v) is 3.08. The van der Waals surface area contributed by atoms with E-state index >= 15 is 0 Å². The lowest BCUT2D eigenvalue weighted by atomic mass is 10.2. The van der Waals surface area contributed by atoms with Crippen molar-refractivity contribution in [3.63, 3.8) is 0 Å². The second-order valence-electron chi connectivity index (χ2n) is 4.09. The summed E-state index contributed by atoms with van der Waals surface area (Å²) in [5.74, 6) is 0.674. The molecule has 0 bridgehead atoms. The van der Waals surface area contributed by atoms with Crippen LogP contribution in [0.15, 0.2) is 18.2 Å². The summed E-state index contributed by atoms with van der Waals surface area (Å²) >= 11 is 6.05. The molecular weight excluding hydrogens is 212 g/mol. The molecule has 0 amide bonds. The van der Waals surface area contributed by atoms with Gasteiger partial charge in [-0.15, -0.1) is 0 Å². The fourth-order valence-electron chi connectivity index (χ4n) is 1.91. The maximum Gasteiger partial charge on any atom is 0.138 e. The first-order chi connectivity index (χ1) is 7.16. The molecule has 1 saturated carbocycles. The van der Waals surface area contributed by atoms with Crippen LogP contribution in [0.3, 0.4) is 0 Å². The maximum atomic E-state index is 9.63. The first-order valence-electron chi connectivity index (χ1n) is 5.27. The van der Waals surface area contributed by atoms with Crippen LogP contribution in [0, 0.1) is 6.92 Å². The zero-order chi connectivity index (χ0) is 10.8. The largest absolute Gasteiger partial charge is 0.486 e. The van der Waals surface area contributed by atoms with E-state index < -0.39 is 0 Å². The van der Waals surface area contributed by atoms with Gasteiger partial charge in [0.25, 0.3) is 0 Å². The third-order valence-electron chi connectivity index (χ3n) is 2.78. The lowest BCUT2D eigenvalue weighted by Gasteiger charge is -2.18. The molecule has 0 saturated heterocycles. The van der Waals surface area contributed by atoms with Crippen molar-refractivity contribution in [1.82, 2.24) is 0 Å². The Kier molecular flexibility index (Phi) is 3.17. The molecule has 1 aromatic carbocycles. The molecule has 0 unspecified atom stereocenters. The van der Waals surface area contributed by atoms with Crippen LogP contribution in [-0.2, 0) is 0 Å². The molecule has 0 aliphatic heterocycles. The van der Waals surface area contributed by atoms with Gasteiger partial charge in [0.1, 0.15) is 11.9 Å². The van der Waals surface area contributed by atoms with Crippen molar-refractivity contribution in [3.05, 3.63) is 28.8 Å². The van der Waals surface area contributed by atoms with Gasteiger partial charge in [0.2, 0.25) is 0 Å². The highest BCUT2D eigenvalue weighted by Crippen LogP contribution is 2.30. The van der Waals surface area contributed by atoms with E-state index in [1.165, 1.54) is 0 Å². The van der Waals surface area contributed by atoms with E-state index in [-0.39, 0.29) is 12.2 Å². The van der Waals surface area contributed by atoms with Crippen molar-refractivity contribution in [2.24, 2.45) is 0 Å². The molecule has 1 aliphatic carbocycles. The van der Waals surface area contributed by atoms with E-state index in [2.05, 4.69) is 0 Å². The Morgan fingerprint density at radius 3 is 2.80 bits per heavy atom. The minimum Gasteiger partial charge on any atom is -0.486 e. The van der Waals surface area contributed by atoms with Gasteiger partial charge >= 0.3 is 0 Å². The summed E-state index contributed by atoms with van der Waals surface area (Å²) in [7, 11) is 0. The molecule has 2 atom stereocenters. The standard InChI is InChI=1S/C12H15ClO2/c1-8-5-6-11(9(13)7-8)15-12-4-2-3-10(12)14/h5-7,10,12,14H,2-4H2,1H3/t10-,12-/m0/s1. The van der Waals surface area contributed by atoms with Gasteiger partial charge in [-0.3, -0.25) is 0 Å². The van der Waals surface area contributed by atoms with Crippen LogP contribution in [0.2, 0.25) is 5.02 Å². The fourth-order valence-corrected chi connectivity index (χ4v) is 2.19. The fraction of sp³-hybridized carbons (Fsp3) is 0.500.